The van der Waals surface area contributed by atoms with Gasteiger partial charge >= 0.3 is 0 Å². The van der Waals surface area contributed by atoms with Crippen LogP contribution in [-0.2, 0) is 23.0 Å². The number of nitrogens with two attached hydrogens (primary N) is 1. The number of pyridine rings is 3. The van der Waals surface area contributed by atoms with Crippen molar-refractivity contribution in [2.45, 2.75) is 19.9 Å². The van der Waals surface area contributed by atoms with Crippen LogP contribution in [0.3, 0.4) is 0 Å². The maximum Gasteiger partial charge on any atom is 0.209 e. The number of H-pyrrole nitrogens is 2. The molecule has 6 aromatic rings. The molecule has 10 nitrogen and oxygen atoms in total. The van der Waals surface area contributed by atoms with E-state index < -0.39 is 15.8 Å². The fourth-order valence-electron chi connectivity index (χ4n) is 4.89. The van der Waals surface area contributed by atoms with Gasteiger partial charge in [0, 0.05) is 41.5 Å². The van der Waals surface area contributed by atoms with Crippen LogP contribution in [0.25, 0.3) is 55.7 Å². The molecule has 5 aromatic heterocycles. The lowest BCUT2D eigenvalue weighted by atomic mass is 10.00. The summed E-state index contributed by atoms with van der Waals surface area (Å²) in [6.07, 6.45) is 7.13. The van der Waals surface area contributed by atoms with E-state index in [9.17, 15) is 12.8 Å². The summed E-state index contributed by atoms with van der Waals surface area (Å²) in [6.45, 7) is 3.65. The van der Waals surface area contributed by atoms with Crippen molar-refractivity contribution in [2.24, 2.45) is 5.14 Å². The molecule has 5 heterocycles. The molecule has 6 rings (SSSR count). The van der Waals surface area contributed by atoms with Gasteiger partial charge in [0.25, 0.3) is 0 Å². The third-order valence-electron chi connectivity index (χ3n) is 6.85. The van der Waals surface area contributed by atoms with Gasteiger partial charge in [-0.2, -0.15) is 5.10 Å². The van der Waals surface area contributed by atoms with Gasteiger partial charge in [0.2, 0.25) is 10.0 Å². The molecule has 208 valence electrons. The van der Waals surface area contributed by atoms with Gasteiger partial charge in [0.15, 0.2) is 0 Å². The van der Waals surface area contributed by atoms with Crippen LogP contribution in [0.15, 0.2) is 67.3 Å². The molecule has 0 saturated heterocycles. The molecule has 0 aliphatic carbocycles. The zero-order valence-electron chi connectivity index (χ0n) is 22.1. The van der Waals surface area contributed by atoms with Gasteiger partial charge in [-0.15, -0.1) is 0 Å². The molecule has 0 unspecified atom stereocenters. The SMILES string of the molecule is CCNCc1cncc(-c2cc3c(-c4cc5c(-c6cc(F)cc(CCS(N)(=O)=O)c6)ccnc5[nH]4)n[nH]c3cn2)c1. The van der Waals surface area contributed by atoms with Gasteiger partial charge in [0.1, 0.15) is 17.2 Å². The number of nitrogens with zero attached hydrogens (tertiary/aromatic N) is 4. The van der Waals surface area contributed by atoms with Crippen LogP contribution >= 0.6 is 0 Å². The summed E-state index contributed by atoms with van der Waals surface area (Å²) in [4.78, 5) is 16.8. The first-order valence-electron chi connectivity index (χ1n) is 13.0. The molecule has 41 heavy (non-hydrogen) atoms. The van der Waals surface area contributed by atoms with E-state index in [0.29, 0.717) is 22.5 Å². The Bertz CT molecular complexity index is 2000. The number of aromatic amines is 2. The zero-order valence-corrected chi connectivity index (χ0v) is 23.0. The van der Waals surface area contributed by atoms with E-state index in [2.05, 4.69) is 48.4 Å². The van der Waals surface area contributed by atoms with Crippen molar-refractivity contribution in [1.29, 1.82) is 0 Å². The number of aryl methyl sites for hydroxylation is 1. The van der Waals surface area contributed by atoms with Crippen molar-refractivity contribution in [2.75, 3.05) is 12.3 Å². The minimum atomic E-state index is -3.67. The molecule has 12 heteroatoms. The summed E-state index contributed by atoms with van der Waals surface area (Å²) in [5, 5.41) is 17.7. The summed E-state index contributed by atoms with van der Waals surface area (Å²) in [5.41, 5.74) is 7.44. The van der Waals surface area contributed by atoms with Crippen LogP contribution in [0.5, 0.6) is 0 Å². The number of hydrogen-bond acceptors (Lipinski definition) is 7. The molecule has 0 aliphatic rings. The molecule has 0 saturated carbocycles. The zero-order chi connectivity index (χ0) is 28.6. The highest BCUT2D eigenvalue weighted by Gasteiger charge is 2.16. The highest BCUT2D eigenvalue weighted by molar-refractivity contribution is 7.89. The molecular formula is C29H27FN8O2S. The number of hydrogen-bond donors (Lipinski definition) is 4. The van der Waals surface area contributed by atoms with Gasteiger partial charge in [0.05, 0.1) is 28.9 Å². The molecule has 0 radical (unpaired) electrons. The molecule has 0 fully saturated rings. The van der Waals surface area contributed by atoms with E-state index in [1.54, 1.807) is 30.7 Å². The van der Waals surface area contributed by atoms with Crippen molar-refractivity contribution in [3.8, 4) is 33.8 Å². The lowest BCUT2D eigenvalue weighted by Gasteiger charge is -2.07. The Kier molecular flexibility index (Phi) is 7.03. The van der Waals surface area contributed by atoms with Gasteiger partial charge in [-0.1, -0.05) is 13.0 Å². The number of benzene rings is 1. The van der Waals surface area contributed by atoms with Crippen LogP contribution in [-0.4, -0.2) is 50.8 Å². The highest BCUT2D eigenvalue weighted by atomic mass is 32.2. The standard InChI is InChI=1S/C29H27FN8O2S/c1-2-32-13-18-8-20(15-33-14-18)25-12-24-27(16-35-25)37-38-28(24)26-11-23-22(3-5-34-29(23)36-26)19-7-17(9-21(30)10-19)4-6-41(31,39)40/h3,5,7-12,14-16,32H,2,4,6,13H2,1H3,(H,34,36)(H,37,38)(H2,31,39,40). The van der Waals surface area contributed by atoms with E-state index in [1.807, 2.05) is 18.3 Å². The number of aromatic nitrogens is 6. The largest absolute Gasteiger partial charge is 0.338 e. The van der Waals surface area contributed by atoms with Crippen LogP contribution in [0.2, 0.25) is 0 Å². The average Bonchev–Trinajstić information content (AvgIpc) is 3.58. The summed E-state index contributed by atoms with van der Waals surface area (Å²) in [7, 11) is -3.67. The van der Waals surface area contributed by atoms with Gasteiger partial charge in [-0.05, 0) is 71.6 Å². The molecule has 0 atom stereocenters. The molecule has 1 aromatic carbocycles. The fourth-order valence-corrected chi connectivity index (χ4v) is 5.41. The van der Waals surface area contributed by atoms with Crippen LogP contribution in [0.4, 0.5) is 4.39 Å². The molecular weight excluding hydrogens is 543 g/mol. The predicted octanol–water partition coefficient (Wildman–Crippen LogP) is 4.31. The Labute approximate surface area is 235 Å². The Morgan fingerprint density at radius 2 is 1.83 bits per heavy atom. The maximum atomic E-state index is 14.6. The number of fused-ring (bicyclic) bond motifs is 2. The Balaban J connectivity index is 1.39. The topological polar surface area (TPSA) is 155 Å². The first-order chi connectivity index (χ1) is 19.8. The smallest absolute Gasteiger partial charge is 0.209 e. The summed E-state index contributed by atoms with van der Waals surface area (Å²) in [6, 6.07) is 12.3. The van der Waals surface area contributed by atoms with Gasteiger partial charge < -0.3 is 10.3 Å². The Hall–Kier alpha value is -4.52. The fraction of sp³-hybridized carbons (Fsp3) is 0.172. The number of halogens is 1. The van der Waals surface area contributed by atoms with E-state index in [0.717, 1.165) is 57.5 Å². The van der Waals surface area contributed by atoms with E-state index >= 15 is 0 Å². The summed E-state index contributed by atoms with van der Waals surface area (Å²) >= 11 is 0. The van der Waals surface area contributed by atoms with Crippen molar-refractivity contribution in [1.82, 2.24) is 35.5 Å². The summed E-state index contributed by atoms with van der Waals surface area (Å²) in [5.74, 6) is -0.732. The van der Waals surface area contributed by atoms with Crippen molar-refractivity contribution >= 4 is 32.0 Å². The monoisotopic (exact) mass is 570 g/mol. The van der Waals surface area contributed by atoms with E-state index in [1.165, 1.54) is 12.1 Å². The van der Waals surface area contributed by atoms with Gasteiger partial charge in [-0.25, -0.2) is 22.9 Å². The van der Waals surface area contributed by atoms with Crippen molar-refractivity contribution in [3.63, 3.8) is 0 Å². The van der Waals surface area contributed by atoms with E-state index in [-0.39, 0.29) is 12.2 Å². The van der Waals surface area contributed by atoms with Crippen LogP contribution < -0.4 is 10.5 Å². The van der Waals surface area contributed by atoms with Gasteiger partial charge in [-0.3, -0.25) is 15.1 Å². The second kappa shape index (κ2) is 10.8. The molecule has 5 N–H and O–H groups in total. The van der Waals surface area contributed by atoms with Crippen LogP contribution in [0, 0.1) is 5.82 Å². The third kappa shape index (κ3) is 5.71. The first-order valence-corrected chi connectivity index (χ1v) is 14.8. The quantitative estimate of drug-likeness (QED) is 0.202. The average molecular weight is 571 g/mol. The van der Waals surface area contributed by atoms with Crippen LogP contribution in [0.1, 0.15) is 18.1 Å². The summed E-state index contributed by atoms with van der Waals surface area (Å²) < 4.78 is 37.4. The highest BCUT2D eigenvalue weighted by Crippen LogP contribution is 2.34. The molecule has 0 aliphatic heterocycles. The number of nitrogens with one attached hydrogen (secondary N) is 3. The lowest BCUT2D eigenvalue weighted by Crippen LogP contribution is -2.18. The number of sulfonamides is 1. The minimum absolute atomic E-state index is 0.110. The third-order valence-corrected chi connectivity index (χ3v) is 7.62. The predicted molar refractivity (Wildman–Crippen MR) is 157 cm³/mol. The second-order valence-electron chi connectivity index (χ2n) is 9.82. The molecule has 0 bridgehead atoms. The van der Waals surface area contributed by atoms with Crippen molar-refractivity contribution < 1.29 is 12.8 Å². The Morgan fingerprint density at radius 3 is 2.66 bits per heavy atom. The maximum absolute atomic E-state index is 14.6. The number of rotatable bonds is 9. The number of primary sulfonamides is 1. The lowest BCUT2D eigenvalue weighted by molar-refractivity contribution is 0.596. The minimum Gasteiger partial charge on any atom is -0.338 e. The van der Waals surface area contributed by atoms with Crippen molar-refractivity contribution in [3.05, 3.63) is 84.2 Å². The molecule has 0 amide bonds. The molecule has 0 spiro atoms. The Morgan fingerprint density at radius 1 is 0.976 bits per heavy atom. The van der Waals surface area contributed by atoms with E-state index in [4.69, 9.17) is 5.14 Å². The normalized spacial score (nSPS) is 12.0. The second-order valence-corrected chi connectivity index (χ2v) is 11.6. The first kappa shape index (κ1) is 26.7.